The lowest BCUT2D eigenvalue weighted by Gasteiger charge is -2.22. The first kappa shape index (κ1) is 22.4. The Morgan fingerprint density at radius 2 is 1.82 bits per heavy atom. The molecular formula is C22H20F3N3O5. The van der Waals surface area contributed by atoms with Gasteiger partial charge in [0, 0.05) is 36.0 Å². The molecule has 2 aliphatic heterocycles. The molecule has 2 aromatic carbocycles. The Labute approximate surface area is 186 Å². The minimum absolute atomic E-state index is 0.00790. The maximum atomic E-state index is 12.7. The van der Waals surface area contributed by atoms with E-state index in [9.17, 15) is 27.6 Å². The summed E-state index contributed by atoms with van der Waals surface area (Å²) < 4.78 is 47.9. The fourth-order valence-electron chi connectivity index (χ4n) is 3.60. The van der Waals surface area contributed by atoms with E-state index in [1.165, 1.54) is 29.2 Å². The summed E-state index contributed by atoms with van der Waals surface area (Å²) in [6, 6.07) is 10.7. The van der Waals surface area contributed by atoms with Crippen LogP contribution in [0.15, 0.2) is 42.5 Å². The van der Waals surface area contributed by atoms with Crippen molar-refractivity contribution in [1.82, 2.24) is 5.32 Å². The van der Waals surface area contributed by atoms with Crippen molar-refractivity contribution >= 4 is 29.1 Å². The van der Waals surface area contributed by atoms with Crippen molar-refractivity contribution in [3.05, 3.63) is 48.0 Å². The quantitative estimate of drug-likeness (QED) is 0.711. The van der Waals surface area contributed by atoms with Crippen molar-refractivity contribution in [3.63, 3.8) is 0 Å². The Morgan fingerprint density at radius 3 is 2.58 bits per heavy atom. The van der Waals surface area contributed by atoms with E-state index in [1.807, 2.05) is 0 Å². The number of ether oxygens (including phenoxy) is 2. The number of amides is 3. The first-order valence-corrected chi connectivity index (χ1v) is 10.2. The largest absolute Gasteiger partial charge is 0.486 e. The highest BCUT2D eigenvalue weighted by atomic mass is 19.4. The van der Waals surface area contributed by atoms with E-state index in [-0.39, 0.29) is 30.1 Å². The number of carbonyl (C=O) groups excluding carboxylic acids is 3. The number of rotatable bonds is 5. The lowest BCUT2D eigenvalue weighted by Crippen LogP contribution is -2.33. The van der Waals surface area contributed by atoms with Crippen molar-refractivity contribution in [2.45, 2.75) is 12.6 Å². The van der Waals surface area contributed by atoms with Crippen molar-refractivity contribution in [1.29, 1.82) is 0 Å². The summed E-state index contributed by atoms with van der Waals surface area (Å²) in [5.41, 5.74) is 0.797. The van der Waals surface area contributed by atoms with Crippen molar-refractivity contribution < 1.29 is 37.0 Å². The van der Waals surface area contributed by atoms with Crippen LogP contribution < -0.4 is 25.0 Å². The SMILES string of the molecule is O=C(NCC(F)(F)F)c1cccc(NC(=O)C2CC(=O)N(c3ccc4c(c3)OCCO4)C2)c1. The molecule has 1 saturated heterocycles. The van der Waals surface area contributed by atoms with E-state index in [2.05, 4.69) is 5.32 Å². The number of fused-ring (bicyclic) bond motifs is 1. The van der Waals surface area contributed by atoms with Crippen LogP contribution in [0.3, 0.4) is 0 Å². The summed E-state index contributed by atoms with van der Waals surface area (Å²) in [5, 5.41) is 4.41. The lowest BCUT2D eigenvalue weighted by atomic mass is 10.1. The highest BCUT2D eigenvalue weighted by Crippen LogP contribution is 2.36. The van der Waals surface area contributed by atoms with Gasteiger partial charge in [-0.3, -0.25) is 14.4 Å². The Hall–Kier alpha value is -3.76. The monoisotopic (exact) mass is 463 g/mol. The molecule has 3 amide bonds. The van der Waals surface area contributed by atoms with Gasteiger partial charge >= 0.3 is 6.18 Å². The third-order valence-electron chi connectivity index (χ3n) is 5.17. The van der Waals surface area contributed by atoms with Crippen LogP contribution in [-0.4, -0.2) is 50.2 Å². The molecule has 33 heavy (non-hydrogen) atoms. The highest BCUT2D eigenvalue weighted by Gasteiger charge is 2.36. The molecule has 174 valence electrons. The lowest BCUT2D eigenvalue weighted by molar-refractivity contribution is -0.123. The van der Waals surface area contributed by atoms with Crippen molar-refractivity contribution in [3.8, 4) is 11.5 Å². The second kappa shape index (κ2) is 9.00. The minimum Gasteiger partial charge on any atom is -0.486 e. The van der Waals surface area contributed by atoms with Gasteiger partial charge in [0.2, 0.25) is 11.8 Å². The summed E-state index contributed by atoms with van der Waals surface area (Å²) in [4.78, 5) is 38.7. The predicted molar refractivity (Wildman–Crippen MR) is 111 cm³/mol. The van der Waals surface area contributed by atoms with E-state index in [0.717, 1.165) is 0 Å². The standard InChI is InChI=1S/C22H20F3N3O5/c23-22(24,25)12-26-20(30)13-2-1-3-15(8-13)27-21(31)14-9-19(29)28(11-14)16-4-5-17-18(10-16)33-7-6-32-17/h1-5,8,10,14H,6-7,9,11-12H2,(H,26,30)(H,27,31). The van der Waals surface area contributed by atoms with Crippen LogP contribution in [0.1, 0.15) is 16.8 Å². The molecule has 0 saturated carbocycles. The Balaban J connectivity index is 1.39. The summed E-state index contributed by atoms with van der Waals surface area (Å²) >= 11 is 0. The number of nitrogens with one attached hydrogen (secondary N) is 2. The summed E-state index contributed by atoms with van der Waals surface area (Å²) in [7, 11) is 0. The van der Waals surface area contributed by atoms with Gasteiger partial charge in [0.25, 0.3) is 5.91 Å². The zero-order valence-electron chi connectivity index (χ0n) is 17.3. The summed E-state index contributed by atoms with van der Waals surface area (Å²) in [6.45, 7) is -0.455. The van der Waals surface area contributed by atoms with Gasteiger partial charge in [0.15, 0.2) is 11.5 Å². The molecule has 2 N–H and O–H groups in total. The molecule has 0 bridgehead atoms. The van der Waals surface area contributed by atoms with Crippen LogP contribution in [-0.2, 0) is 9.59 Å². The second-order valence-corrected chi connectivity index (χ2v) is 7.60. The van der Waals surface area contributed by atoms with Crippen LogP contribution in [0.25, 0.3) is 0 Å². The van der Waals surface area contributed by atoms with Gasteiger partial charge in [-0.1, -0.05) is 6.07 Å². The van der Waals surface area contributed by atoms with Gasteiger partial charge < -0.3 is 25.0 Å². The molecule has 1 atom stereocenters. The molecule has 4 rings (SSSR count). The molecule has 0 radical (unpaired) electrons. The van der Waals surface area contributed by atoms with Gasteiger partial charge in [0.05, 0.1) is 5.92 Å². The summed E-state index contributed by atoms with van der Waals surface area (Å²) in [5.74, 6) is -1.11. The number of hydrogen-bond acceptors (Lipinski definition) is 5. The molecule has 11 heteroatoms. The smallest absolute Gasteiger partial charge is 0.405 e. The van der Waals surface area contributed by atoms with Gasteiger partial charge in [-0.25, -0.2) is 0 Å². The van der Waals surface area contributed by atoms with Crippen LogP contribution in [0, 0.1) is 5.92 Å². The normalized spacial score (nSPS) is 17.6. The van der Waals surface area contributed by atoms with Gasteiger partial charge in [-0.05, 0) is 30.3 Å². The number of anilines is 2. The molecule has 8 nitrogen and oxygen atoms in total. The average Bonchev–Trinajstić information content (AvgIpc) is 3.18. The van der Waals surface area contributed by atoms with E-state index in [0.29, 0.717) is 30.4 Å². The van der Waals surface area contributed by atoms with Gasteiger partial charge in [0.1, 0.15) is 19.8 Å². The Kier molecular flexibility index (Phi) is 6.12. The first-order valence-electron chi connectivity index (χ1n) is 10.2. The number of halogens is 3. The van der Waals surface area contributed by atoms with Crippen LogP contribution in [0.5, 0.6) is 11.5 Å². The van der Waals surface area contributed by atoms with E-state index < -0.39 is 30.5 Å². The molecule has 2 aliphatic rings. The Morgan fingerprint density at radius 1 is 1.06 bits per heavy atom. The molecule has 1 unspecified atom stereocenters. The van der Waals surface area contributed by atoms with E-state index in [4.69, 9.17) is 9.47 Å². The molecule has 2 aromatic rings. The molecule has 2 heterocycles. The molecular weight excluding hydrogens is 443 g/mol. The third-order valence-corrected chi connectivity index (χ3v) is 5.17. The van der Waals surface area contributed by atoms with Crippen LogP contribution in [0.4, 0.5) is 24.5 Å². The van der Waals surface area contributed by atoms with Crippen molar-refractivity contribution in [2.75, 3.05) is 36.5 Å². The number of nitrogens with zero attached hydrogens (tertiary/aromatic N) is 1. The van der Waals surface area contributed by atoms with E-state index >= 15 is 0 Å². The molecule has 0 aromatic heterocycles. The summed E-state index contributed by atoms with van der Waals surface area (Å²) in [6.07, 6.45) is -4.54. The van der Waals surface area contributed by atoms with Crippen molar-refractivity contribution in [2.24, 2.45) is 5.92 Å². The first-order chi connectivity index (χ1) is 15.7. The van der Waals surface area contributed by atoms with Crippen LogP contribution in [0.2, 0.25) is 0 Å². The van der Waals surface area contributed by atoms with Crippen LogP contribution >= 0.6 is 0 Å². The number of carbonyl (C=O) groups is 3. The molecule has 0 spiro atoms. The van der Waals surface area contributed by atoms with Gasteiger partial charge in [-0.15, -0.1) is 0 Å². The maximum Gasteiger partial charge on any atom is 0.405 e. The predicted octanol–water partition coefficient (Wildman–Crippen LogP) is 2.74. The number of benzene rings is 2. The maximum absolute atomic E-state index is 12.7. The van der Waals surface area contributed by atoms with Gasteiger partial charge in [-0.2, -0.15) is 13.2 Å². The average molecular weight is 463 g/mol. The second-order valence-electron chi connectivity index (χ2n) is 7.60. The van der Waals surface area contributed by atoms with E-state index in [1.54, 1.807) is 23.5 Å². The fraction of sp³-hybridized carbons (Fsp3) is 0.318. The molecule has 0 aliphatic carbocycles. The third kappa shape index (κ3) is 5.36. The Bertz CT molecular complexity index is 1090. The topological polar surface area (TPSA) is 97.0 Å². The number of hydrogen-bond donors (Lipinski definition) is 2. The minimum atomic E-state index is -4.53. The zero-order chi connectivity index (χ0) is 23.6. The number of alkyl halides is 3. The zero-order valence-corrected chi connectivity index (χ0v) is 17.3. The fourth-order valence-corrected chi connectivity index (χ4v) is 3.60. The molecule has 1 fully saturated rings. The highest BCUT2D eigenvalue weighted by molar-refractivity contribution is 6.04.